The molecule has 0 atom stereocenters. The summed E-state index contributed by atoms with van der Waals surface area (Å²) in [6.45, 7) is 4.70. The van der Waals surface area contributed by atoms with Crippen LogP contribution in [-0.4, -0.2) is 25.2 Å². The second-order valence-corrected chi connectivity index (χ2v) is 4.29. The molecule has 17 heavy (non-hydrogen) atoms. The first-order valence-corrected chi connectivity index (χ1v) is 5.88. The van der Waals surface area contributed by atoms with Gasteiger partial charge in [-0.15, -0.1) is 0 Å². The van der Waals surface area contributed by atoms with Crippen LogP contribution in [0.4, 0.5) is 4.79 Å². The Hall–Kier alpha value is -1.42. The lowest BCUT2D eigenvalue weighted by Crippen LogP contribution is -2.41. The molecule has 4 nitrogen and oxygen atoms in total. The SMILES string of the molecule is CC(C)NC(=O)NCCOc1ccc(Cl)cc1. The molecule has 0 aromatic heterocycles. The van der Waals surface area contributed by atoms with Gasteiger partial charge in [-0.1, -0.05) is 11.6 Å². The van der Waals surface area contributed by atoms with Crippen LogP contribution in [0.1, 0.15) is 13.8 Å². The number of hydrogen-bond donors (Lipinski definition) is 2. The fraction of sp³-hybridized carbons (Fsp3) is 0.417. The Morgan fingerprint density at radius 3 is 2.59 bits per heavy atom. The molecule has 0 spiro atoms. The molecule has 0 saturated heterocycles. The minimum absolute atomic E-state index is 0.132. The lowest BCUT2D eigenvalue weighted by atomic mass is 10.3. The standard InChI is InChI=1S/C12H17ClN2O2/c1-9(2)15-12(16)14-7-8-17-11-5-3-10(13)4-6-11/h3-6,9H,7-8H2,1-2H3,(H2,14,15,16). The minimum Gasteiger partial charge on any atom is -0.492 e. The van der Waals surface area contributed by atoms with E-state index < -0.39 is 0 Å². The molecular weight excluding hydrogens is 240 g/mol. The highest BCUT2D eigenvalue weighted by Gasteiger charge is 2.01. The van der Waals surface area contributed by atoms with E-state index in [1.807, 2.05) is 13.8 Å². The molecule has 0 aliphatic carbocycles. The Balaban J connectivity index is 2.16. The van der Waals surface area contributed by atoms with Crippen molar-refractivity contribution in [2.24, 2.45) is 0 Å². The monoisotopic (exact) mass is 256 g/mol. The summed E-state index contributed by atoms with van der Waals surface area (Å²) in [5, 5.41) is 6.09. The average molecular weight is 257 g/mol. The van der Waals surface area contributed by atoms with Crippen molar-refractivity contribution in [1.29, 1.82) is 0 Å². The molecule has 0 radical (unpaired) electrons. The van der Waals surface area contributed by atoms with Crippen molar-refractivity contribution in [2.45, 2.75) is 19.9 Å². The van der Waals surface area contributed by atoms with Crippen LogP contribution in [0.15, 0.2) is 24.3 Å². The second-order valence-electron chi connectivity index (χ2n) is 3.86. The van der Waals surface area contributed by atoms with Gasteiger partial charge in [0.05, 0.1) is 6.54 Å². The molecule has 2 amide bonds. The van der Waals surface area contributed by atoms with E-state index in [4.69, 9.17) is 16.3 Å². The molecule has 5 heteroatoms. The first-order chi connectivity index (χ1) is 8.08. The van der Waals surface area contributed by atoms with Crippen LogP contribution in [-0.2, 0) is 0 Å². The Kier molecular flexibility index (Phi) is 5.63. The van der Waals surface area contributed by atoms with Crippen molar-refractivity contribution in [3.05, 3.63) is 29.3 Å². The van der Waals surface area contributed by atoms with Crippen LogP contribution >= 0.6 is 11.6 Å². The maximum absolute atomic E-state index is 11.2. The van der Waals surface area contributed by atoms with Crippen LogP contribution < -0.4 is 15.4 Å². The Bertz CT molecular complexity index is 352. The van der Waals surface area contributed by atoms with E-state index in [1.54, 1.807) is 24.3 Å². The number of urea groups is 1. The van der Waals surface area contributed by atoms with Gasteiger partial charge in [0.25, 0.3) is 0 Å². The van der Waals surface area contributed by atoms with E-state index in [9.17, 15) is 4.79 Å². The van der Waals surface area contributed by atoms with Gasteiger partial charge in [-0.05, 0) is 38.1 Å². The number of amides is 2. The molecule has 0 saturated carbocycles. The van der Waals surface area contributed by atoms with E-state index >= 15 is 0 Å². The number of halogens is 1. The van der Waals surface area contributed by atoms with Crippen molar-refractivity contribution in [3.8, 4) is 5.75 Å². The molecular formula is C12H17ClN2O2. The lowest BCUT2D eigenvalue weighted by Gasteiger charge is -2.10. The summed E-state index contributed by atoms with van der Waals surface area (Å²) in [6.07, 6.45) is 0. The smallest absolute Gasteiger partial charge is 0.315 e. The molecule has 1 aromatic carbocycles. The van der Waals surface area contributed by atoms with Gasteiger partial charge in [0.2, 0.25) is 0 Å². The molecule has 94 valence electrons. The highest BCUT2D eigenvalue weighted by Crippen LogP contribution is 2.14. The van der Waals surface area contributed by atoms with E-state index in [0.29, 0.717) is 18.2 Å². The maximum Gasteiger partial charge on any atom is 0.315 e. The summed E-state index contributed by atoms with van der Waals surface area (Å²) in [5.74, 6) is 0.737. The van der Waals surface area contributed by atoms with Gasteiger partial charge in [-0.25, -0.2) is 4.79 Å². The summed E-state index contributed by atoms with van der Waals surface area (Å²) in [7, 11) is 0. The molecule has 0 aliphatic heterocycles. The summed E-state index contributed by atoms with van der Waals surface area (Å²) in [6, 6.07) is 7.05. The molecule has 1 rings (SSSR count). The van der Waals surface area contributed by atoms with Crippen molar-refractivity contribution >= 4 is 17.6 Å². The molecule has 0 unspecified atom stereocenters. The number of carbonyl (C=O) groups excluding carboxylic acids is 1. The van der Waals surface area contributed by atoms with Crippen molar-refractivity contribution in [3.63, 3.8) is 0 Å². The molecule has 0 bridgehead atoms. The van der Waals surface area contributed by atoms with Crippen molar-refractivity contribution in [2.75, 3.05) is 13.2 Å². The quantitative estimate of drug-likeness (QED) is 0.795. The Morgan fingerprint density at radius 2 is 2.00 bits per heavy atom. The minimum atomic E-state index is -0.181. The number of nitrogens with one attached hydrogen (secondary N) is 2. The van der Waals surface area contributed by atoms with Crippen molar-refractivity contribution in [1.82, 2.24) is 10.6 Å². The third kappa shape index (κ3) is 6.02. The average Bonchev–Trinajstić information content (AvgIpc) is 2.26. The Morgan fingerprint density at radius 1 is 1.35 bits per heavy atom. The summed E-state index contributed by atoms with van der Waals surface area (Å²) in [5.41, 5.74) is 0. The highest BCUT2D eigenvalue weighted by atomic mass is 35.5. The van der Waals surface area contributed by atoms with Gasteiger partial charge >= 0.3 is 6.03 Å². The molecule has 2 N–H and O–H groups in total. The predicted octanol–water partition coefficient (Wildman–Crippen LogP) is 2.43. The molecule has 0 fully saturated rings. The zero-order valence-corrected chi connectivity index (χ0v) is 10.8. The molecule has 0 aliphatic rings. The van der Waals surface area contributed by atoms with E-state index in [0.717, 1.165) is 5.75 Å². The predicted molar refractivity (Wildman–Crippen MR) is 68.6 cm³/mol. The normalized spacial score (nSPS) is 10.1. The van der Waals surface area contributed by atoms with Gasteiger partial charge in [0.1, 0.15) is 12.4 Å². The van der Waals surface area contributed by atoms with E-state index in [1.165, 1.54) is 0 Å². The van der Waals surface area contributed by atoms with Gasteiger partial charge in [0, 0.05) is 11.1 Å². The van der Waals surface area contributed by atoms with Crippen LogP contribution in [0.3, 0.4) is 0 Å². The topological polar surface area (TPSA) is 50.4 Å². The first kappa shape index (κ1) is 13.6. The van der Waals surface area contributed by atoms with Gasteiger partial charge in [-0.3, -0.25) is 0 Å². The summed E-state index contributed by atoms with van der Waals surface area (Å²) in [4.78, 5) is 11.2. The van der Waals surface area contributed by atoms with E-state index in [-0.39, 0.29) is 12.1 Å². The second kappa shape index (κ2) is 7.01. The highest BCUT2D eigenvalue weighted by molar-refractivity contribution is 6.30. The first-order valence-electron chi connectivity index (χ1n) is 5.50. The van der Waals surface area contributed by atoms with Gasteiger partial charge in [0.15, 0.2) is 0 Å². The van der Waals surface area contributed by atoms with Crippen LogP contribution in [0.2, 0.25) is 5.02 Å². The zero-order chi connectivity index (χ0) is 12.7. The molecule has 0 heterocycles. The van der Waals surface area contributed by atoms with Crippen LogP contribution in [0.25, 0.3) is 0 Å². The van der Waals surface area contributed by atoms with Crippen LogP contribution in [0.5, 0.6) is 5.75 Å². The summed E-state index contributed by atoms with van der Waals surface area (Å²) < 4.78 is 5.42. The third-order valence-electron chi connectivity index (χ3n) is 1.89. The third-order valence-corrected chi connectivity index (χ3v) is 2.14. The zero-order valence-electron chi connectivity index (χ0n) is 10.00. The number of hydrogen-bond acceptors (Lipinski definition) is 2. The maximum atomic E-state index is 11.2. The van der Waals surface area contributed by atoms with E-state index in [2.05, 4.69) is 10.6 Å². The summed E-state index contributed by atoms with van der Waals surface area (Å²) >= 11 is 5.74. The number of ether oxygens (including phenoxy) is 1. The fourth-order valence-corrected chi connectivity index (χ4v) is 1.30. The van der Waals surface area contributed by atoms with Gasteiger partial charge < -0.3 is 15.4 Å². The van der Waals surface area contributed by atoms with Gasteiger partial charge in [-0.2, -0.15) is 0 Å². The number of carbonyl (C=O) groups is 1. The number of benzene rings is 1. The van der Waals surface area contributed by atoms with Crippen molar-refractivity contribution < 1.29 is 9.53 Å². The number of rotatable bonds is 5. The fourth-order valence-electron chi connectivity index (χ4n) is 1.18. The molecule has 1 aromatic rings. The largest absolute Gasteiger partial charge is 0.492 e. The Labute approximate surface area is 106 Å². The van der Waals surface area contributed by atoms with Crippen LogP contribution in [0, 0.1) is 0 Å². The lowest BCUT2D eigenvalue weighted by molar-refractivity contribution is 0.234.